The van der Waals surface area contributed by atoms with Crippen molar-refractivity contribution in [1.29, 1.82) is 0 Å². The standard InChI is InChI=1S/C15H27NO4/c1-10(17)12-8-11(19-14(2,3)4)9-16(12)13(18)20-15(5,6)7/h11-12H,8-9H2,1-7H3. The predicted molar refractivity (Wildman–Crippen MR) is 76.7 cm³/mol. The highest BCUT2D eigenvalue weighted by Crippen LogP contribution is 2.26. The molecule has 1 aliphatic rings. The second-order valence-corrected chi connectivity index (χ2v) is 7.35. The van der Waals surface area contributed by atoms with Crippen LogP contribution >= 0.6 is 0 Å². The maximum atomic E-state index is 12.2. The first-order valence-electron chi connectivity index (χ1n) is 7.07. The molecule has 0 radical (unpaired) electrons. The van der Waals surface area contributed by atoms with Gasteiger partial charge in [-0.3, -0.25) is 9.69 Å². The monoisotopic (exact) mass is 285 g/mol. The van der Waals surface area contributed by atoms with E-state index < -0.39 is 17.7 Å². The number of hydrogen-bond acceptors (Lipinski definition) is 4. The summed E-state index contributed by atoms with van der Waals surface area (Å²) >= 11 is 0. The van der Waals surface area contributed by atoms with Gasteiger partial charge in [0.2, 0.25) is 0 Å². The molecule has 0 bridgehead atoms. The van der Waals surface area contributed by atoms with E-state index in [-0.39, 0.29) is 17.5 Å². The minimum absolute atomic E-state index is 0.0316. The van der Waals surface area contributed by atoms with Gasteiger partial charge in [0.05, 0.1) is 24.3 Å². The number of amides is 1. The molecule has 2 atom stereocenters. The maximum Gasteiger partial charge on any atom is 0.410 e. The second kappa shape index (κ2) is 5.72. The molecule has 1 amide bonds. The number of nitrogens with zero attached hydrogens (tertiary/aromatic N) is 1. The molecule has 1 heterocycles. The maximum absolute atomic E-state index is 12.2. The number of hydrogen-bond donors (Lipinski definition) is 0. The van der Waals surface area contributed by atoms with E-state index in [1.165, 1.54) is 11.8 Å². The highest BCUT2D eigenvalue weighted by Gasteiger charge is 2.41. The van der Waals surface area contributed by atoms with Gasteiger partial charge < -0.3 is 9.47 Å². The normalized spacial score (nSPS) is 23.9. The van der Waals surface area contributed by atoms with Crippen molar-refractivity contribution in [2.24, 2.45) is 0 Å². The Morgan fingerprint density at radius 2 is 1.60 bits per heavy atom. The number of ketones is 1. The third-order valence-electron chi connectivity index (χ3n) is 2.88. The zero-order valence-electron chi connectivity index (χ0n) is 13.6. The van der Waals surface area contributed by atoms with Crippen molar-refractivity contribution in [1.82, 2.24) is 4.90 Å². The van der Waals surface area contributed by atoms with Gasteiger partial charge in [0.15, 0.2) is 5.78 Å². The van der Waals surface area contributed by atoms with Crippen LogP contribution in [0, 0.1) is 0 Å². The van der Waals surface area contributed by atoms with Gasteiger partial charge in [-0.05, 0) is 48.5 Å². The molecule has 1 aliphatic heterocycles. The van der Waals surface area contributed by atoms with Crippen LogP contribution in [0.25, 0.3) is 0 Å². The van der Waals surface area contributed by atoms with Crippen LogP contribution < -0.4 is 0 Å². The molecule has 116 valence electrons. The van der Waals surface area contributed by atoms with Crippen molar-refractivity contribution < 1.29 is 19.1 Å². The van der Waals surface area contributed by atoms with Gasteiger partial charge in [-0.1, -0.05) is 0 Å². The number of Topliss-reactive ketones (excluding diaryl/α,β-unsaturated/α-hetero) is 1. The summed E-state index contributed by atoms with van der Waals surface area (Å²) in [4.78, 5) is 25.4. The molecule has 1 saturated heterocycles. The van der Waals surface area contributed by atoms with Crippen LogP contribution in [0.3, 0.4) is 0 Å². The summed E-state index contributed by atoms with van der Waals surface area (Å²) in [6.45, 7) is 13.2. The Balaban J connectivity index is 2.78. The minimum Gasteiger partial charge on any atom is -0.444 e. The van der Waals surface area contributed by atoms with E-state index in [0.29, 0.717) is 13.0 Å². The van der Waals surface area contributed by atoms with Gasteiger partial charge >= 0.3 is 6.09 Å². The third kappa shape index (κ3) is 5.12. The Morgan fingerprint density at radius 3 is 2.00 bits per heavy atom. The van der Waals surface area contributed by atoms with E-state index in [2.05, 4.69) is 0 Å². The van der Waals surface area contributed by atoms with E-state index in [4.69, 9.17) is 9.47 Å². The van der Waals surface area contributed by atoms with Crippen molar-refractivity contribution in [3.8, 4) is 0 Å². The Hall–Kier alpha value is -1.10. The highest BCUT2D eigenvalue weighted by atomic mass is 16.6. The first-order valence-corrected chi connectivity index (χ1v) is 7.07. The molecule has 0 aromatic heterocycles. The van der Waals surface area contributed by atoms with E-state index in [0.717, 1.165) is 0 Å². The average Bonchev–Trinajstić information content (AvgIpc) is 2.56. The summed E-state index contributed by atoms with van der Waals surface area (Å²) in [5.74, 6) is -0.0316. The molecule has 5 nitrogen and oxygen atoms in total. The molecule has 0 aromatic carbocycles. The number of ether oxygens (including phenoxy) is 2. The minimum atomic E-state index is -0.568. The SMILES string of the molecule is CC(=O)C1CC(OC(C)(C)C)CN1C(=O)OC(C)(C)C. The fourth-order valence-corrected chi connectivity index (χ4v) is 2.29. The van der Waals surface area contributed by atoms with Crippen LogP contribution in [-0.4, -0.2) is 46.7 Å². The molecular weight excluding hydrogens is 258 g/mol. The van der Waals surface area contributed by atoms with Gasteiger partial charge in [0.1, 0.15) is 5.60 Å². The Morgan fingerprint density at radius 1 is 1.05 bits per heavy atom. The van der Waals surface area contributed by atoms with Crippen molar-refractivity contribution in [3.05, 3.63) is 0 Å². The van der Waals surface area contributed by atoms with Gasteiger partial charge in [-0.2, -0.15) is 0 Å². The summed E-state index contributed by atoms with van der Waals surface area (Å²) in [6, 6.07) is -0.447. The zero-order valence-corrected chi connectivity index (χ0v) is 13.6. The van der Waals surface area contributed by atoms with Gasteiger partial charge in [0, 0.05) is 6.42 Å². The van der Waals surface area contributed by atoms with Crippen molar-refractivity contribution in [2.45, 2.75) is 78.2 Å². The second-order valence-electron chi connectivity index (χ2n) is 7.35. The summed E-state index contributed by atoms with van der Waals surface area (Å²) < 4.78 is 11.2. The predicted octanol–water partition coefficient (Wildman–Crippen LogP) is 2.77. The first-order chi connectivity index (χ1) is 8.89. The fourth-order valence-electron chi connectivity index (χ4n) is 2.29. The van der Waals surface area contributed by atoms with Gasteiger partial charge in [-0.15, -0.1) is 0 Å². The molecule has 0 aliphatic carbocycles. The molecule has 1 fully saturated rings. The molecule has 0 spiro atoms. The van der Waals surface area contributed by atoms with Crippen LogP contribution in [0.4, 0.5) is 4.79 Å². The van der Waals surface area contributed by atoms with E-state index in [1.807, 2.05) is 41.5 Å². The van der Waals surface area contributed by atoms with Crippen LogP contribution in [-0.2, 0) is 14.3 Å². The largest absolute Gasteiger partial charge is 0.444 e. The lowest BCUT2D eigenvalue weighted by Crippen LogP contribution is -2.43. The van der Waals surface area contributed by atoms with Crippen LogP contribution in [0.1, 0.15) is 54.9 Å². The number of likely N-dealkylation sites (tertiary alicyclic amines) is 1. The van der Waals surface area contributed by atoms with Gasteiger partial charge in [-0.25, -0.2) is 4.79 Å². The zero-order chi connectivity index (χ0) is 15.7. The molecule has 0 saturated carbocycles. The summed E-state index contributed by atoms with van der Waals surface area (Å²) in [6.07, 6.45) is -0.0413. The topological polar surface area (TPSA) is 55.8 Å². The molecule has 20 heavy (non-hydrogen) atoms. The third-order valence-corrected chi connectivity index (χ3v) is 2.88. The summed E-state index contributed by atoms with van der Waals surface area (Å²) in [7, 11) is 0. The van der Waals surface area contributed by atoms with Crippen LogP contribution in [0.15, 0.2) is 0 Å². The number of carbonyl (C=O) groups excluding carboxylic acids is 2. The lowest BCUT2D eigenvalue weighted by Gasteiger charge is -2.27. The Kier molecular flexibility index (Phi) is 4.85. The fraction of sp³-hybridized carbons (Fsp3) is 0.867. The first kappa shape index (κ1) is 17.0. The number of carbonyl (C=O) groups is 2. The highest BCUT2D eigenvalue weighted by molar-refractivity contribution is 5.86. The van der Waals surface area contributed by atoms with Crippen molar-refractivity contribution >= 4 is 11.9 Å². The Bertz CT molecular complexity index is 378. The molecular formula is C15H27NO4. The van der Waals surface area contributed by atoms with Crippen molar-refractivity contribution in [2.75, 3.05) is 6.54 Å². The average molecular weight is 285 g/mol. The Labute approximate surface area is 121 Å². The van der Waals surface area contributed by atoms with Crippen LogP contribution in [0.2, 0.25) is 0 Å². The van der Waals surface area contributed by atoms with Crippen molar-refractivity contribution in [3.63, 3.8) is 0 Å². The molecule has 0 aromatic rings. The lowest BCUT2D eigenvalue weighted by atomic mass is 10.1. The van der Waals surface area contributed by atoms with Gasteiger partial charge in [0.25, 0.3) is 0 Å². The van der Waals surface area contributed by atoms with Crippen LogP contribution in [0.5, 0.6) is 0 Å². The summed E-state index contributed by atoms with van der Waals surface area (Å²) in [5.41, 5.74) is -0.864. The molecule has 2 unspecified atom stereocenters. The lowest BCUT2D eigenvalue weighted by molar-refractivity contribution is -0.121. The number of rotatable bonds is 2. The molecule has 1 rings (SSSR count). The quantitative estimate of drug-likeness (QED) is 0.783. The molecule has 5 heteroatoms. The summed E-state index contributed by atoms with van der Waals surface area (Å²) in [5, 5.41) is 0. The van der Waals surface area contributed by atoms with E-state index in [1.54, 1.807) is 0 Å². The van der Waals surface area contributed by atoms with E-state index in [9.17, 15) is 9.59 Å². The van der Waals surface area contributed by atoms with E-state index >= 15 is 0 Å². The molecule has 0 N–H and O–H groups in total. The smallest absolute Gasteiger partial charge is 0.410 e.